The molecule has 45 heavy (non-hydrogen) atoms. The maximum atomic E-state index is 14.2. The molecule has 0 radical (unpaired) electrons. The molecule has 0 bridgehead atoms. The molecule has 2 aromatic heterocycles. The van der Waals surface area contributed by atoms with Crippen LogP contribution in [0.5, 0.6) is 11.5 Å². The Hall–Kier alpha value is -4.40. The Morgan fingerprint density at radius 2 is 1.82 bits per heavy atom. The van der Waals surface area contributed by atoms with E-state index in [0.29, 0.717) is 41.1 Å². The maximum Gasteiger partial charge on any atom is 0.416 e. The van der Waals surface area contributed by atoms with Crippen molar-refractivity contribution < 1.29 is 22.7 Å². The van der Waals surface area contributed by atoms with Gasteiger partial charge in [0.15, 0.2) is 5.75 Å². The molecule has 4 aromatic rings. The van der Waals surface area contributed by atoms with E-state index in [1.807, 2.05) is 25.1 Å². The number of nitrogens with zero attached hydrogens (tertiary/aromatic N) is 6. The van der Waals surface area contributed by atoms with Crippen LogP contribution in [-0.4, -0.2) is 69.5 Å². The van der Waals surface area contributed by atoms with Crippen LogP contribution >= 0.6 is 0 Å². The van der Waals surface area contributed by atoms with Gasteiger partial charge in [-0.15, -0.1) is 0 Å². The molecule has 6 rings (SSSR count). The van der Waals surface area contributed by atoms with E-state index >= 15 is 0 Å². The molecular weight excluding hydrogens is 581 g/mol. The molecule has 2 aromatic carbocycles. The second-order valence-corrected chi connectivity index (χ2v) is 11.7. The molecule has 234 valence electrons. The van der Waals surface area contributed by atoms with Crippen molar-refractivity contribution in [2.45, 2.75) is 45.5 Å². The fourth-order valence-corrected chi connectivity index (χ4v) is 6.38. The molecule has 11 heteroatoms. The van der Waals surface area contributed by atoms with Gasteiger partial charge in [-0.3, -0.25) is 9.69 Å². The summed E-state index contributed by atoms with van der Waals surface area (Å²) in [5.41, 5.74) is 3.07. The highest BCUT2D eigenvalue weighted by Gasteiger charge is 2.35. The van der Waals surface area contributed by atoms with Crippen molar-refractivity contribution in [1.29, 1.82) is 5.26 Å². The van der Waals surface area contributed by atoms with Crippen LogP contribution in [0.4, 0.5) is 13.2 Å². The highest BCUT2D eigenvalue weighted by atomic mass is 19.4. The zero-order chi connectivity index (χ0) is 31.7. The lowest BCUT2D eigenvalue weighted by molar-refractivity contribution is -0.139. The van der Waals surface area contributed by atoms with Crippen LogP contribution in [0.3, 0.4) is 0 Å². The fourth-order valence-electron chi connectivity index (χ4n) is 6.38. The van der Waals surface area contributed by atoms with Gasteiger partial charge in [-0.05, 0) is 66.4 Å². The summed E-state index contributed by atoms with van der Waals surface area (Å²) in [7, 11) is 0. The van der Waals surface area contributed by atoms with Gasteiger partial charge in [0.25, 0.3) is 0 Å². The summed E-state index contributed by atoms with van der Waals surface area (Å²) < 4.78 is 50.3. The molecule has 0 aliphatic carbocycles. The molecule has 0 spiro atoms. The molecule has 4 heterocycles. The number of benzene rings is 2. The van der Waals surface area contributed by atoms with Crippen molar-refractivity contribution >= 4 is 11.4 Å². The predicted octanol–water partition coefficient (Wildman–Crippen LogP) is 5.84. The molecule has 2 aliphatic heterocycles. The van der Waals surface area contributed by atoms with Crippen molar-refractivity contribution in [2.75, 3.05) is 39.3 Å². The first-order valence-electron chi connectivity index (χ1n) is 15.2. The molecular formula is C34H35F3N6O2. The van der Waals surface area contributed by atoms with Crippen LogP contribution in [0, 0.1) is 11.3 Å². The lowest BCUT2D eigenvalue weighted by Gasteiger charge is -2.36. The number of carbonyl (C=O) groups excluding carboxylic acids is 1. The van der Waals surface area contributed by atoms with Gasteiger partial charge in [0.05, 0.1) is 29.8 Å². The van der Waals surface area contributed by atoms with Crippen molar-refractivity contribution in [1.82, 2.24) is 24.3 Å². The maximum absolute atomic E-state index is 14.2. The summed E-state index contributed by atoms with van der Waals surface area (Å²) in [6.45, 7) is 8.83. The van der Waals surface area contributed by atoms with E-state index in [2.05, 4.69) is 27.9 Å². The van der Waals surface area contributed by atoms with Gasteiger partial charge >= 0.3 is 6.18 Å². The van der Waals surface area contributed by atoms with Crippen LogP contribution in [0.15, 0.2) is 60.9 Å². The molecule has 0 saturated carbocycles. The highest BCUT2D eigenvalue weighted by molar-refractivity contribution is 5.80. The summed E-state index contributed by atoms with van der Waals surface area (Å²) >= 11 is 0. The molecule has 1 fully saturated rings. The minimum atomic E-state index is -4.51. The number of fused-ring (bicyclic) bond motifs is 2. The summed E-state index contributed by atoms with van der Waals surface area (Å²) in [6, 6.07) is 15.4. The van der Waals surface area contributed by atoms with Crippen molar-refractivity contribution in [3.63, 3.8) is 0 Å². The molecule has 1 atom stereocenters. The number of ether oxygens (including phenoxy) is 1. The summed E-state index contributed by atoms with van der Waals surface area (Å²) in [6.07, 6.45) is -0.771. The normalized spacial score (nSPS) is 17.7. The van der Waals surface area contributed by atoms with Crippen molar-refractivity contribution in [2.24, 2.45) is 0 Å². The average Bonchev–Trinajstić information content (AvgIpc) is 3.47. The van der Waals surface area contributed by atoms with Gasteiger partial charge in [0.1, 0.15) is 17.3 Å². The number of halogens is 3. The topological polar surface area (TPSA) is 77.1 Å². The van der Waals surface area contributed by atoms with E-state index in [1.165, 1.54) is 6.07 Å². The van der Waals surface area contributed by atoms with Crippen LogP contribution in [0.25, 0.3) is 5.52 Å². The first kappa shape index (κ1) is 30.6. The average molecular weight is 617 g/mol. The monoisotopic (exact) mass is 616 g/mol. The minimum absolute atomic E-state index is 0.112. The third kappa shape index (κ3) is 6.53. The van der Waals surface area contributed by atoms with Crippen LogP contribution in [0.1, 0.15) is 53.3 Å². The molecule has 2 aliphatic rings. The van der Waals surface area contributed by atoms with E-state index in [-0.39, 0.29) is 30.5 Å². The SMILES string of the molecule is CCN1CCN(Cc2ccc(CC(=O)N3CCc4ccc(Oc5ccnn6cc(C#N)cc56)cc4[C@@H]3C)cc2C(F)(F)F)CC1. The zero-order valence-electron chi connectivity index (χ0n) is 25.3. The smallest absolute Gasteiger partial charge is 0.416 e. The molecule has 0 unspecified atom stereocenters. The first-order valence-corrected chi connectivity index (χ1v) is 15.2. The minimum Gasteiger partial charge on any atom is -0.455 e. The Balaban J connectivity index is 1.17. The van der Waals surface area contributed by atoms with Crippen LogP contribution < -0.4 is 4.74 Å². The Bertz CT molecular complexity index is 1750. The van der Waals surface area contributed by atoms with Gasteiger partial charge < -0.3 is 14.5 Å². The molecule has 1 saturated heterocycles. The highest BCUT2D eigenvalue weighted by Crippen LogP contribution is 2.36. The standard InChI is InChI=1S/C34H35F3N6O2/c1-3-40-12-14-41(15-13-40)22-27-5-4-24(16-30(27)34(35,36)37)18-33(44)42-11-9-26-6-7-28(19-29(26)23(42)2)45-32-8-10-39-43-21-25(20-38)17-31(32)43/h4-8,10,16-17,19,21,23H,3,9,11-15,18,22H2,1-2H3/t23-/m0/s1. The summed E-state index contributed by atoms with van der Waals surface area (Å²) in [5.74, 6) is 0.892. The quantitative estimate of drug-likeness (QED) is 0.260. The number of aromatic nitrogens is 2. The van der Waals surface area contributed by atoms with Gasteiger partial charge in [0.2, 0.25) is 5.91 Å². The Kier molecular flexibility index (Phi) is 8.53. The van der Waals surface area contributed by atoms with Crippen LogP contribution in [0.2, 0.25) is 0 Å². The second kappa shape index (κ2) is 12.5. The Morgan fingerprint density at radius 3 is 2.56 bits per heavy atom. The number of likely N-dealkylation sites (N-methyl/N-ethyl adjacent to an activating group) is 1. The van der Waals surface area contributed by atoms with Gasteiger partial charge in [0, 0.05) is 51.5 Å². The van der Waals surface area contributed by atoms with Gasteiger partial charge in [-0.2, -0.15) is 23.5 Å². The van der Waals surface area contributed by atoms with Crippen LogP contribution in [-0.2, 0) is 30.4 Å². The number of hydrogen-bond acceptors (Lipinski definition) is 6. The third-order valence-corrected chi connectivity index (χ3v) is 8.95. The lowest BCUT2D eigenvalue weighted by atomic mass is 9.92. The second-order valence-electron chi connectivity index (χ2n) is 11.7. The number of carbonyl (C=O) groups is 1. The largest absolute Gasteiger partial charge is 0.455 e. The van der Waals surface area contributed by atoms with Gasteiger partial charge in [-0.1, -0.05) is 25.1 Å². The number of piperazine rings is 1. The molecule has 8 nitrogen and oxygen atoms in total. The Labute approximate surface area is 260 Å². The summed E-state index contributed by atoms with van der Waals surface area (Å²) in [5, 5.41) is 13.5. The van der Waals surface area contributed by atoms with E-state index in [1.54, 1.807) is 40.0 Å². The van der Waals surface area contributed by atoms with E-state index in [4.69, 9.17) is 4.74 Å². The third-order valence-electron chi connectivity index (χ3n) is 8.95. The number of hydrogen-bond donors (Lipinski definition) is 0. The fraction of sp³-hybridized carbons (Fsp3) is 0.382. The molecule has 1 amide bonds. The number of nitriles is 1. The number of amides is 1. The zero-order valence-corrected chi connectivity index (χ0v) is 25.3. The number of rotatable bonds is 7. The Morgan fingerprint density at radius 1 is 1.04 bits per heavy atom. The van der Waals surface area contributed by atoms with Gasteiger partial charge in [-0.25, -0.2) is 4.52 Å². The molecule has 0 N–H and O–H groups in total. The van der Waals surface area contributed by atoms with E-state index in [9.17, 15) is 23.2 Å². The summed E-state index contributed by atoms with van der Waals surface area (Å²) in [4.78, 5) is 19.6. The lowest BCUT2D eigenvalue weighted by Crippen LogP contribution is -2.45. The van der Waals surface area contributed by atoms with Crippen molar-refractivity contribution in [3.05, 3.63) is 94.3 Å². The van der Waals surface area contributed by atoms with E-state index < -0.39 is 11.7 Å². The number of alkyl halides is 3. The van der Waals surface area contributed by atoms with Crippen molar-refractivity contribution in [3.8, 4) is 17.6 Å². The predicted molar refractivity (Wildman–Crippen MR) is 163 cm³/mol. The van der Waals surface area contributed by atoms with E-state index in [0.717, 1.165) is 49.9 Å². The first-order chi connectivity index (χ1) is 21.6.